The maximum atomic E-state index is 12.3. The number of nitriles is 1. The molecule has 1 aromatic rings. The molecular formula is C15H18N2O4. The van der Waals surface area contributed by atoms with Gasteiger partial charge in [0.1, 0.15) is 5.41 Å². The molecule has 0 bridgehead atoms. The number of hydrogen-bond acceptors (Lipinski definition) is 5. The second-order valence-electron chi connectivity index (χ2n) is 4.92. The number of nitrogens with one attached hydrogen (secondary N) is 1. The van der Waals surface area contributed by atoms with Crippen LogP contribution in [0, 0.1) is 16.7 Å². The molecule has 1 saturated carbocycles. The molecule has 0 atom stereocenters. The van der Waals surface area contributed by atoms with Crippen molar-refractivity contribution in [3.05, 3.63) is 12.1 Å². The van der Waals surface area contributed by atoms with Gasteiger partial charge < -0.3 is 19.5 Å². The molecule has 2 rings (SSSR count). The highest BCUT2D eigenvalue weighted by Gasteiger charge is 2.44. The van der Waals surface area contributed by atoms with Crippen LogP contribution in [-0.2, 0) is 4.79 Å². The van der Waals surface area contributed by atoms with Crippen LogP contribution in [0.25, 0.3) is 0 Å². The molecule has 0 radical (unpaired) electrons. The number of amides is 1. The molecule has 1 aliphatic rings. The maximum absolute atomic E-state index is 12.3. The number of ether oxygens (including phenoxy) is 3. The molecule has 0 aromatic heterocycles. The lowest BCUT2D eigenvalue weighted by atomic mass is 9.69. The average Bonchev–Trinajstić information content (AvgIpc) is 2.45. The van der Waals surface area contributed by atoms with Gasteiger partial charge in [-0.15, -0.1) is 0 Å². The largest absolute Gasteiger partial charge is 0.493 e. The van der Waals surface area contributed by atoms with Crippen molar-refractivity contribution >= 4 is 11.6 Å². The first-order chi connectivity index (χ1) is 10.1. The fourth-order valence-electron chi connectivity index (χ4n) is 2.32. The van der Waals surface area contributed by atoms with E-state index in [0.717, 1.165) is 6.42 Å². The highest BCUT2D eigenvalue weighted by atomic mass is 16.5. The molecule has 1 amide bonds. The molecule has 1 N–H and O–H groups in total. The molecule has 6 heteroatoms. The van der Waals surface area contributed by atoms with E-state index >= 15 is 0 Å². The SMILES string of the molecule is COc1cc(NC(=O)C2(C#N)CCC2)cc(OC)c1OC. The summed E-state index contributed by atoms with van der Waals surface area (Å²) in [6, 6.07) is 5.40. The second-order valence-corrected chi connectivity index (χ2v) is 4.92. The summed E-state index contributed by atoms with van der Waals surface area (Å²) in [5.41, 5.74) is -0.392. The zero-order valence-electron chi connectivity index (χ0n) is 12.4. The second kappa shape index (κ2) is 5.92. The summed E-state index contributed by atoms with van der Waals surface area (Å²) in [5.74, 6) is 1.07. The Bertz CT molecular complexity index is 563. The van der Waals surface area contributed by atoms with Crippen LogP contribution in [0.5, 0.6) is 17.2 Å². The highest BCUT2D eigenvalue weighted by Crippen LogP contribution is 2.43. The fourth-order valence-corrected chi connectivity index (χ4v) is 2.32. The van der Waals surface area contributed by atoms with Crippen molar-refractivity contribution in [3.8, 4) is 23.3 Å². The van der Waals surface area contributed by atoms with Crippen molar-refractivity contribution in [2.24, 2.45) is 5.41 Å². The van der Waals surface area contributed by atoms with Gasteiger partial charge in [0, 0.05) is 17.8 Å². The van der Waals surface area contributed by atoms with Crippen LogP contribution in [0.4, 0.5) is 5.69 Å². The molecule has 21 heavy (non-hydrogen) atoms. The lowest BCUT2D eigenvalue weighted by Crippen LogP contribution is -2.40. The molecule has 0 aliphatic heterocycles. The van der Waals surface area contributed by atoms with E-state index in [0.29, 0.717) is 35.8 Å². The summed E-state index contributed by atoms with van der Waals surface area (Å²) in [4.78, 5) is 12.3. The predicted octanol–water partition coefficient (Wildman–Crippen LogP) is 2.34. The summed E-state index contributed by atoms with van der Waals surface area (Å²) < 4.78 is 15.7. The third kappa shape index (κ3) is 2.59. The molecule has 0 spiro atoms. The first-order valence-electron chi connectivity index (χ1n) is 6.63. The van der Waals surface area contributed by atoms with Gasteiger partial charge in [0.05, 0.1) is 27.4 Å². The Labute approximate surface area is 123 Å². The van der Waals surface area contributed by atoms with E-state index in [1.807, 2.05) is 0 Å². The minimum Gasteiger partial charge on any atom is -0.493 e. The number of methoxy groups -OCH3 is 3. The third-order valence-corrected chi connectivity index (χ3v) is 3.78. The van der Waals surface area contributed by atoms with Gasteiger partial charge >= 0.3 is 0 Å². The predicted molar refractivity (Wildman–Crippen MR) is 76.6 cm³/mol. The lowest BCUT2D eigenvalue weighted by molar-refractivity contribution is -0.126. The Kier molecular flexibility index (Phi) is 4.22. The minimum atomic E-state index is -0.902. The first-order valence-corrected chi connectivity index (χ1v) is 6.63. The van der Waals surface area contributed by atoms with Crippen LogP contribution in [0.15, 0.2) is 12.1 Å². The molecular weight excluding hydrogens is 272 g/mol. The van der Waals surface area contributed by atoms with Crippen molar-refractivity contribution in [1.82, 2.24) is 0 Å². The van der Waals surface area contributed by atoms with Crippen LogP contribution in [-0.4, -0.2) is 27.2 Å². The summed E-state index contributed by atoms with van der Waals surface area (Å²) in [5, 5.41) is 11.9. The quantitative estimate of drug-likeness (QED) is 0.900. The minimum absolute atomic E-state index is 0.287. The third-order valence-electron chi connectivity index (χ3n) is 3.78. The Morgan fingerprint density at radius 2 is 1.76 bits per heavy atom. The number of hydrogen-bond donors (Lipinski definition) is 1. The van der Waals surface area contributed by atoms with E-state index in [4.69, 9.17) is 14.2 Å². The van der Waals surface area contributed by atoms with Gasteiger partial charge in [-0.05, 0) is 19.3 Å². The Morgan fingerprint density at radius 1 is 1.19 bits per heavy atom. The van der Waals surface area contributed by atoms with E-state index < -0.39 is 5.41 Å². The zero-order chi connectivity index (χ0) is 15.5. The summed E-state index contributed by atoms with van der Waals surface area (Å²) >= 11 is 0. The molecule has 112 valence electrons. The van der Waals surface area contributed by atoms with Gasteiger partial charge in [0.2, 0.25) is 11.7 Å². The number of benzene rings is 1. The lowest BCUT2D eigenvalue weighted by Gasteiger charge is -2.33. The smallest absolute Gasteiger partial charge is 0.244 e. The first kappa shape index (κ1) is 15.0. The number of rotatable bonds is 5. The Balaban J connectivity index is 2.28. The van der Waals surface area contributed by atoms with Gasteiger partial charge in [-0.3, -0.25) is 4.79 Å². The maximum Gasteiger partial charge on any atom is 0.244 e. The number of carbonyl (C=O) groups excluding carboxylic acids is 1. The van der Waals surface area contributed by atoms with E-state index in [2.05, 4.69) is 11.4 Å². The highest BCUT2D eigenvalue weighted by molar-refractivity contribution is 5.98. The Morgan fingerprint density at radius 3 is 2.10 bits per heavy atom. The average molecular weight is 290 g/mol. The summed E-state index contributed by atoms with van der Waals surface area (Å²) in [6.45, 7) is 0. The van der Waals surface area contributed by atoms with Gasteiger partial charge in [-0.25, -0.2) is 0 Å². The molecule has 0 saturated heterocycles. The van der Waals surface area contributed by atoms with E-state index in [1.165, 1.54) is 21.3 Å². The van der Waals surface area contributed by atoms with Crippen molar-refractivity contribution in [2.75, 3.05) is 26.6 Å². The molecule has 1 aromatic carbocycles. The molecule has 0 heterocycles. The number of nitrogens with zero attached hydrogens (tertiary/aromatic N) is 1. The van der Waals surface area contributed by atoms with Crippen LogP contribution in [0.1, 0.15) is 19.3 Å². The number of carbonyl (C=O) groups is 1. The topological polar surface area (TPSA) is 80.6 Å². The van der Waals surface area contributed by atoms with Gasteiger partial charge in [0.25, 0.3) is 0 Å². The molecule has 1 aliphatic carbocycles. The van der Waals surface area contributed by atoms with Crippen molar-refractivity contribution in [2.45, 2.75) is 19.3 Å². The Hall–Kier alpha value is -2.42. The van der Waals surface area contributed by atoms with Crippen LogP contribution >= 0.6 is 0 Å². The molecule has 1 fully saturated rings. The van der Waals surface area contributed by atoms with E-state index in [-0.39, 0.29) is 5.91 Å². The fraction of sp³-hybridized carbons (Fsp3) is 0.467. The van der Waals surface area contributed by atoms with Gasteiger partial charge in [-0.2, -0.15) is 5.26 Å². The zero-order valence-corrected chi connectivity index (χ0v) is 12.4. The summed E-state index contributed by atoms with van der Waals surface area (Å²) in [7, 11) is 4.52. The molecule has 0 unspecified atom stereocenters. The van der Waals surface area contributed by atoms with Crippen LogP contribution < -0.4 is 19.5 Å². The van der Waals surface area contributed by atoms with E-state index in [1.54, 1.807) is 12.1 Å². The van der Waals surface area contributed by atoms with Crippen molar-refractivity contribution in [1.29, 1.82) is 5.26 Å². The van der Waals surface area contributed by atoms with E-state index in [9.17, 15) is 10.1 Å². The monoisotopic (exact) mass is 290 g/mol. The van der Waals surface area contributed by atoms with Gasteiger partial charge in [0.15, 0.2) is 11.5 Å². The van der Waals surface area contributed by atoms with Crippen molar-refractivity contribution < 1.29 is 19.0 Å². The van der Waals surface area contributed by atoms with Crippen LogP contribution in [0.3, 0.4) is 0 Å². The van der Waals surface area contributed by atoms with Crippen LogP contribution in [0.2, 0.25) is 0 Å². The molecule has 6 nitrogen and oxygen atoms in total. The standard InChI is InChI=1S/C15H18N2O4/c1-19-11-7-10(8-12(20-2)13(11)21-3)17-14(18)15(9-16)5-4-6-15/h7-8H,4-6H2,1-3H3,(H,17,18). The van der Waals surface area contributed by atoms with Crippen molar-refractivity contribution in [3.63, 3.8) is 0 Å². The van der Waals surface area contributed by atoms with Gasteiger partial charge in [-0.1, -0.05) is 0 Å². The normalized spacial score (nSPS) is 15.3. The number of anilines is 1. The summed E-state index contributed by atoms with van der Waals surface area (Å²) in [6.07, 6.45) is 2.09.